The van der Waals surface area contributed by atoms with Crippen LogP contribution in [0, 0.1) is 5.82 Å². The number of benzene rings is 1. The van der Waals surface area contributed by atoms with Crippen molar-refractivity contribution < 1.29 is 4.39 Å². The second-order valence-corrected chi connectivity index (χ2v) is 8.36. The van der Waals surface area contributed by atoms with Crippen LogP contribution in [0.25, 0.3) is 16.9 Å². The molecule has 6 rings (SSSR count). The Hall–Kier alpha value is -4.18. The van der Waals surface area contributed by atoms with Crippen LogP contribution in [-0.2, 0) is 7.05 Å². The second-order valence-electron chi connectivity index (χ2n) is 8.36. The Bertz CT molecular complexity index is 1470. The van der Waals surface area contributed by atoms with Crippen molar-refractivity contribution in [2.24, 2.45) is 7.05 Å². The number of hydrogen-bond donors (Lipinski definition) is 2. The first-order chi connectivity index (χ1) is 16.7. The molecule has 2 atom stereocenters. The predicted octanol–water partition coefficient (Wildman–Crippen LogP) is 3.27. The molecule has 170 valence electrons. The van der Waals surface area contributed by atoms with Gasteiger partial charge in [-0.3, -0.25) is 9.08 Å². The predicted molar refractivity (Wildman–Crippen MR) is 125 cm³/mol. The minimum Gasteiger partial charge on any atom is -0.315 e. The molecule has 0 radical (unpaired) electrons. The summed E-state index contributed by atoms with van der Waals surface area (Å²) < 4.78 is 17.6. The van der Waals surface area contributed by atoms with E-state index >= 15 is 0 Å². The first-order valence-electron chi connectivity index (χ1n) is 11.0. The first-order valence-corrected chi connectivity index (χ1v) is 11.0. The molecule has 0 bridgehead atoms. The van der Waals surface area contributed by atoms with Gasteiger partial charge in [0.2, 0.25) is 5.95 Å². The molecule has 1 aromatic carbocycles. The molecule has 34 heavy (non-hydrogen) atoms. The standard InChI is InChI=1S/C24H22FN9/c1-33-21(6-9-28-33)30-24-27-8-5-20(29-24)16-7-10-34-22(12-16)31-32-23(34)19-14-26-13-18(19)15-3-2-4-17(25)11-15/h2-12,18-19,26H,13-14H2,1H3,(H,27,29,30)/t18?,19-/m0/s1. The van der Waals surface area contributed by atoms with Gasteiger partial charge in [0, 0.05) is 56.0 Å². The fourth-order valence-corrected chi connectivity index (χ4v) is 4.55. The number of pyridine rings is 1. The number of aryl methyl sites for hydroxylation is 1. The molecule has 10 heteroatoms. The molecular formula is C24H22FN9. The highest BCUT2D eigenvalue weighted by Gasteiger charge is 2.33. The zero-order valence-electron chi connectivity index (χ0n) is 18.4. The smallest absolute Gasteiger partial charge is 0.228 e. The number of nitrogens with zero attached hydrogens (tertiary/aromatic N) is 7. The molecule has 1 saturated heterocycles. The summed E-state index contributed by atoms with van der Waals surface area (Å²) in [6.07, 6.45) is 5.40. The lowest BCUT2D eigenvalue weighted by molar-refractivity contribution is 0.598. The summed E-state index contributed by atoms with van der Waals surface area (Å²) in [7, 11) is 1.85. The normalized spacial score (nSPS) is 17.9. The van der Waals surface area contributed by atoms with Crippen molar-refractivity contribution in [3.05, 3.63) is 84.3 Å². The third-order valence-corrected chi connectivity index (χ3v) is 6.27. The van der Waals surface area contributed by atoms with Crippen LogP contribution in [0.4, 0.5) is 16.2 Å². The van der Waals surface area contributed by atoms with Crippen LogP contribution < -0.4 is 10.6 Å². The molecule has 1 aliphatic heterocycles. The maximum Gasteiger partial charge on any atom is 0.228 e. The van der Waals surface area contributed by atoms with Crippen LogP contribution in [0.1, 0.15) is 23.2 Å². The highest BCUT2D eigenvalue weighted by Crippen LogP contribution is 2.35. The Morgan fingerprint density at radius 3 is 2.79 bits per heavy atom. The summed E-state index contributed by atoms with van der Waals surface area (Å²) in [5.74, 6) is 2.15. The Kier molecular flexibility index (Phi) is 4.99. The van der Waals surface area contributed by atoms with Gasteiger partial charge in [-0.1, -0.05) is 12.1 Å². The Labute approximate surface area is 194 Å². The molecule has 0 amide bonds. The first kappa shape index (κ1) is 20.4. The lowest BCUT2D eigenvalue weighted by Gasteiger charge is -2.17. The van der Waals surface area contributed by atoms with E-state index in [1.807, 2.05) is 48.0 Å². The van der Waals surface area contributed by atoms with Gasteiger partial charge in [-0.05, 0) is 35.9 Å². The van der Waals surface area contributed by atoms with Gasteiger partial charge in [-0.25, -0.2) is 14.4 Å². The summed E-state index contributed by atoms with van der Waals surface area (Å²) in [6, 6.07) is 14.5. The van der Waals surface area contributed by atoms with Crippen molar-refractivity contribution in [2.45, 2.75) is 11.8 Å². The van der Waals surface area contributed by atoms with Crippen molar-refractivity contribution in [1.82, 2.24) is 39.7 Å². The third-order valence-electron chi connectivity index (χ3n) is 6.27. The van der Waals surface area contributed by atoms with Crippen LogP contribution in [0.3, 0.4) is 0 Å². The Balaban J connectivity index is 1.30. The van der Waals surface area contributed by atoms with E-state index < -0.39 is 0 Å². The molecule has 2 N–H and O–H groups in total. The fourth-order valence-electron chi connectivity index (χ4n) is 4.55. The van der Waals surface area contributed by atoms with E-state index in [1.54, 1.807) is 29.2 Å². The van der Waals surface area contributed by atoms with Crippen molar-refractivity contribution in [1.29, 1.82) is 0 Å². The number of aromatic nitrogens is 7. The maximum absolute atomic E-state index is 13.8. The highest BCUT2D eigenvalue weighted by molar-refractivity contribution is 5.65. The average Bonchev–Trinajstić information content (AvgIpc) is 3.59. The van der Waals surface area contributed by atoms with Gasteiger partial charge in [0.15, 0.2) is 5.65 Å². The van der Waals surface area contributed by atoms with Gasteiger partial charge < -0.3 is 10.6 Å². The minimum absolute atomic E-state index is 0.0939. The lowest BCUT2D eigenvalue weighted by Crippen LogP contribution is -2.13. The fraction of sp³-hybridized carbons (Fsp3) is 0.208. The molecular weight excluding hydrogens is 433 g/mol. The molecule has 4 aromatic heterocycles. The number of anilines is 2. The summed E-state index contributed by atoms with van der Waals surface area (Å²) in [5, 5.41) is 19.7. The monoisotopic (exact) mass is 455 g/mol. The molecule has 5 heterocycles. The number of hydrogen-bond acceptors (Lipinski definition) is 7. The van der Waals surface area contributed by atoms with E-state index in [4.69, 9.17) is 0 Å². The second kappa shape index (κ2) is 8.31. The van der Waals surface area contributed by atoms with Gasteiger partial charge in [0.25, 0.3) is 0 Å². The number of fused-ring (bicyclic) bond motifs is 1. The van der Waals surface area contributed by atoms with Crippen LogP contribution in [0.15, 0.2) is 67.1 Å². The van der Waals surface area contributed by atoms with Crippen molar-refractivity contribution >= 4 is 17.4 Å². The summed E-state index contributed by atoms with van der Waals surface area (Å²) in [6.45, 7) is 1.53. The van der Waals surface area contributed by atoms with Gasteiger partial charge in [0.1, 0.15) is 17.5 Å². The molecule has 1 unspecified atom stereocenters. The van der Waals surface area contributed by atoms with Crippen LogP contribution >= 0.6 is 0 Å². The molecule has 0 saturated carbocycles. The van der Waals surface area contributed by atoms with Crippen molar-refractivity contribution in [3.63, 3.8) is 0 Å². The Morgan fingerprint density at radius 2 is 1.94 bits per heavy atom. The zero-order valence-corrected chi connectivity index (χ0v) is 18.4. The molecule has 1 aliphatic rings. The zero-order chi connectivity index (χ0) is 23.1. The molecule has 0 aliphatic carbocycles. The van der Waals surface area contributed by atoms with E-state index in [2.05, 4.69) is 35.9 Å². The third kappa shape index (κ3) is 3.67. The number of rotatable bonds is 5. The molecule has 1 fully saturated rings. The summed E-state index contributed by atoms with van der Waals surface area (Å²) in [4.78, 5) is 8.96. The quantitative estimate of drug-likeness (QED) is 0.420. The van der Waals surface area contributed by atoms with Crippen LogP contribution in [0.5, 0.6) is 0 Å². The van der Waals surface area contributed by atoms with E-state index in [0.29, 0.717) is 5.95 Å². The van der Waals surface area contributed by atoms with Crippen molar-refractivity contribution in [3.8, 4) is 11.3 Å². The van der Waals surface area contributed by atoms with Crippen LogP contribution in [0.2, 0.25) is 0 Å². The van der Waals surface area contributed by atoms with E-state index in [0.717, 1.165) is 47.2 Å². The Morgan fingerprint density at radius 1 is 1.03 bits per heavy atom. The van der Waals surface area contributed by atoms with E-state index in [1.165, 1.54) is 6.07 Å². The van der Waals surface area contributed by atoms with Crippen molar-refractivity contribution in [2.75, 3.05) is 18.4 Å². The summed E-state index contributed by atoms with van der Waals surface area (Å²) in [5.41, 5.74) is 3.38. The average molecular weight is 456 g/mol. The SMILES string of the molecule is Cn1nccc1Nc1nccc(-c2ccn3c([C@H]4CNCC4c4cccc(F)c4)nnc3c2)n1. The summed E-state index contributed by atoms with van der Waals surface area (Å²) >= 11 is 0. The topological polar surface area (TPSA) is 97.9 Å². The van der Waals surface area contributed by atoms with Gasteiger partial charge in [0.05, 0.1) is 11.9 Å². The van der Waals surface area contributed by atoms with E-state index in [9.17, 15) is 4.39 Å². The number of nitrogens with one attached hydrogen (secondary N) is 2. The highest BCUT2D eigenvalue weighted by atomic mass is 19.1. The molecule has 5 aromatic rings. The minimum atomic E-state index is -0.221. The van der Waals surface area contributed by atoms with E-state index in [-0.39, 0.29) is 17.7 Å². The van der Waals surface area contributed by atoms with Crippen LogP contribution in [-0.4, -0.2) is 47.4 Å². The van der Waals surface area contributed by atoms with Gasteiger partial charge >= 0.3 is 0 Å². The number of halogens is 1. The van der Waals surface area contributed by atoms with Gasteiger partial charge in [-0.2, -0.15) is 5.10 Å². The molecule has 0 spiro atoms. The maximum atomic E-state index is 13.8. The lowest BCUT2D eigenvalue weighted by atomic mass is 9.88. The largest absolute Gasteiger partial charge is 0.315 e. The molecule has 9 nitrogen and oxygen atoms in total. The van der Waals surface area contributed by atoms with Gasteiger partial charge in [-0.15, -0.1) is 10.2 Å².